The average molecular weight is 365 g/mol. The Morgan fingerprint density at radius 1 is 1.23 bits per heavy atom. The lowest BCUT2D eigenvalue weighted by atomic mass is 9.79. The third-order valence-corrected chi connectivity index (χ3v) is 5.07. The number of benzene rings is 1. The van der Waals surface area contributed by atoms with E-state index in [1.807, 2.05) is 24.3 Å². The molecular weight excluding hydrogens is 348 g/mol. The zero-order valence-electron chi connectivity index (χ0n) is 12.1. The van der Waals surface area contributed by atoms with Gasteiger partial charge in [-0.25, -0.2) is 0 Å². The minimum Gasteiger partial charge on any atom is -0.341 e. The van der Waals surface area contributed by atoms with Crippen LogP contribution in [-0.4, -0.2) is 35.7 Å². The van der Waals surface area contributed by atoms with Crippen molar-refractivity contribution in [3.05, 3.63) is 34.3 Å². The smallest absolute Gasteiger partial charge is 0.234 e. The molecule has 0 aliphatic carbocycles. The molecule has 0 aromatic heterocycles. The van der Waals surface area contributed by atoms with Crippen LogP contribution in [0.2, 0.25) is 0 Å². The van der Waals surface area contributed by atoms with Crippen LogP contribution in [0.5, 0.6) is 0 Å². The fraction of sp³-hybridized carbons (Fsp3) is 0.438. The largest absolute Gasteiger partial charge is 0.341 e. The molecule has 3 rings (SSSR count). The van der Waals surface area contributed by atoms with E-state index < -0.39 is 5.41 Å². The van der Waals surface area contributed by atoms with E-state index in [4.69, 9.17) is 0 Å². The molecule has 1 N–H and O–H groups in total. The van der Waals surface area contributed by atoms with E-state index in [1.165, 1.54) is 0 Å². The first-order chi connectivity index (χ1) is 10.5. The minimum absolute atomic E-state index is 0.0314. The van der Waals surface area contributed by atoms with Gasteiger partial charge < -0.3 is 4.90 Å². The van der Waals surface area contributed by atoms with Crippen LogP contribution in [0.25, 0.3) is 0 Å². The molecule has 3 amide bonds. The van der Waals surface area contributed by atoms with E-state index in [0.29, 0.717) is 38.8 Å². The van der Waals surface area contributed by atoms with Crippen LogP contribution in [0, 0.1) is 5.41 Å². The van der Waals surface area contributed by atoms with Crippen LogP contribution >= 0.6 is 15.9 Å². The van der Waals surface area contributed by atoms with Gasteiger partial charge in [0.25, 0.3) is 0 Å². The maximum atomic E-state index is 12.4. The van der Waals surface area contributed by atoms with Crippen LogP contribution in [0.1, 0.15) is 24.8 Å². The van der Waals surface area contributed by atoms with Crippen molar-refractivity contribution in [1.29, 1.82) is 0 Å². The number of amides is 3. The number of hydrogen-bond acceptors (Lipinski definition) is 3. The molecule has 1 spiro atoms. The van der Waals surface area contributed by atoms with Crippen LogP contribution in [0.15, 0.2) is 28.7 Å². The zero-order chi connectivity index (χ0) is 15.7. The predicted octanol–water partition coefficient (Wildman–Crippen LogP) is 1.65. The van der Waals surface area contributed by atoms with Crippen LogP contribution in [0.3, 0.4) is 0 Å². The Balaban J connectivity index is 1.64. The second kappa shape index (κ2) is 5.83. The number of carbonyl (C=O) groups is 3. The first kappa shape index (κ1) is 15.2. The molecule has 0 bridgehead atoms. The highest BCUT2D eigenvalue weighted by atomic mass is 79.9. The van der Waals surface area contributed by atoms with E-state index in [1.54, 1.807) is 4.90 Å². The van der Waals surface area contributed by atoms with E-state index >= 15 is 0 Å². The molecule has 2 aliphatic rings. The molecule has 5 nitrogen and oxygen atoms in total. The predicted molar refractivity (Wildman–Crippen MR) is 83.9 cm³/mol. The number of imide groups is 1. The van der Waals surface area contributed by atoms with Gasteiger partial charge in [-0.15, -0.1) is 0 Å². The highest BCUT2D eigenvalue weighted by Crippen LogP contribution is 2.37. The molecule has 6 heteroatoms. The molecule has 2 fully saturated rings. The minimum atomic E-state index is -0.566. The van der Waals surface area contributed by atoms with Crippen molar-refractivity contribution >= 4 is 33.7 Å². The number of piperidine rings is 1. The van der Waals surface area contributed by atoms with Gasteiger partial charge in [-0.2, -0.15) is 0 Å². The van der Waals surface area contributed by atoms with Crippen molar-refractivity contribution in [2.24, 2.45) is 5.41 Å². The van der Waals surface area contributed by atoms with Crippen LogP contribution < -0.4 is 5.32 Å². The summed E-state index contributed by atoms with van der Waals surface area (Å²) in [7, 11) is 0. The number of rotatable bonds is 2. The van der Waals surface area contributed by atoms with E-state index in [9.17, 15) is 14.4 Å². The lowest BCUT2D eigenvalue weighted by molar-refractivity contribution is -0.141. The molecular formula is C16H17BrN2O3. The zero-order valence-corrected chi connectivity index (χ0v) is 13.7. The van der Waals surface area contributed by atoms with Crippen molar-refractivity contribution in [3.8, 4) is 0 Å². The van der Waals surface area contributed by atoms with Gasteiger partial charge in [-0.05, 0) is 30.5 Å². The molecule has 1 unspecified atom stereocenters. The average Bonchev–Trinajstić information content (AvgIpc) is 2.92. The van der Waals surface area contributed by atoms with Gasteiger partial charge in [-0.1, -0.05) is 28.1 Å². The first-order valence-electron chi connectivity index (χ1n) is 7.35. The third-order valence-electron chi connectivity index (χ3n) is 4.54. The Kier molecular flexibility index (Phi) is 4.04. The fourth-order valence-electron chi connectivity index (χ4n) is 3.15. The Hall–Kier alpha value is -1.69. The molecule has 1 aromatic rings. The number of halogens is 1. The Bertz CT molecular complexity index is 629. The summed E-state index contributed by atoms with van der Waals surface area (Å²) in [4.78, 5) is 37.6. The summed E-state index contributed by atoms with van der Waals surface area (Å²) in [5, 5.41) is 2.41. The van der Waals surface area contributed by atoms with Crippen molar-refractivity contribution in [2.45, 2.75) is 25.7 Å². The Labute approximate surface area is 137 Å². The molecule has 1 atom stereocenters. The maximum Gasteiger partial charge on any atom is 0.234 e. The van der Waals surface area contributed by atoms with E-state index in [0.717, 1.165) is 10.0 Å². The number of likely N-dealkylation sites (tertiary alicyclic amines) is 1. The van der Waals surface area contributed by atoms with Gasteiger partial charge in [0.05, 0.1) is 11.8 Å². The second-order valence-electron chi connectivity index (χ2n) is 6.03. The SMILES string of the molecule is O=C1CCC2(CCN(C(=O)Cc3ccc(Br)cc3)C2)C(=O)N1. The topological polar surface area (TPSA) is 66.5 Å². The van der Waals surface area contributed by atoms with Crippen molar-refractivity contribution in [1.82, 2.24) is 10.2 Å². The summed E-state index contributed by atoms with van der Waals surface area (Å²) in [5.74, 6) is -0.401. The number of nitrogens with one attached hydrogen (secondary N) is 1. The van der Waals surface area contributed by atoms with Crippen LogP contribution in [-0.2, 0) is 20.8 Å². The maximum absolute atomic E-state index is 12.4. The van der Waals surface area contributed by atoms with Gasteiger partial charge in [0.15, 0.2) is 0 Å². The van der Waals surface area contributed by atoms with Crippen LogP contribution in [0.4, 0.5) is 0 Å². The van der Waals surface area contributed by atoms with E-state index in [2.05, 4.69) is 21.2 Å². The summed E-state index contributed by atoms with van der Waals surface area (Å²) in [6, 6.07) is 7.65. The number of nitrogens with zero attached hydrogens (tertiary/aromatic N) is 1. The second-order valence-corrected chi connectivity index (χ2v) is 6.94. The molecule has 0 radical (unpaired) electrons. The summed E-state index contributed by atoms with van der Waals surface area (Å²) >= 11 is 3.37. The van der Waals surface area contributed by atoms with Crippen molar-refractivity contribution in [2.75, 3.05) is 13.1 Å². The highest BCUT2D eigenvalue weighted by Gasteiger charge is 2.48. The quantitative estimate of drug-likeness (QED) is 0.811. The standard InChI is InChI=1S/C16H17BrN2O3/c17-12-3-1-11(2-4-12)9-14(21)19-8-7-16(10-19)6-5-13(20)18-15(16)22/h1-4H,5-10H2,(H,18,20,22). The number of carbonyl (C=O) groups excluding carboxylic acids is 3. The Morgan fingerprint density at radius 2 is 1.95 bits per heavy atom. The summed E-state index contributed by atoms with van der Waals surface area (Å²) in [5.41, 5.74) is 0.390. The number of hydrogen-bond donors (Lipinski definition) is 1. The van der Waals surface area contributed by atoms with Gasteiger partial charge >= 0.3 is 0 Å². The fourth-order valence-corrected chi connectivity index (χ4v) is 3.42. The lowest BCUT2D eigenvalue weighted by Crippen LogP contribution is -2.50. The molecule has 2 aliphatic heterocycles. The summed E-state index contributed by atoms with van der Waals surface area (Å²) in [6.45, 7) is 0.998. The molecule has 1 aromatic carbocycles. The lowest BCUT2D eigenvalue weighted by Gasteiger charge is -2.31. The summed E-state index contributed by atoms with van der Waals surface area (Å²) in [6.07, 6.45) is 1.88. The normalized spacial score (nSPS) is 24.7. The van der Waals surface area contributed by atoms with Gasteiger partial charge in [-0.3, -0.25) is 19.7 Å². The van der Waals surface area contributed by atoms with Crippen molar-refractivity contribution in [3.63, 3.8) is 0 Å². The monoisotopic (exact) mass is 364 g/mol. The van der Waals surface area contributed by atoms with Gasteiger partial charge in [0.2, 0.25) is 17.7 Å². The molecule has 116 valence electrons. The highest BCUT2D eigenvalue weighted by molar-refractivity contribution is 9.10. The van der Waals surface area contributed by atoms with E-state index in [-0.39, 0.29) is 17.7 Å². The molecule has 2 saturated heterocycles. The summed E-state index contributed by atoms with van der Waals surface area (Å²) < 4.78 is 0.979. The van der Waals surface area contributed by atoms with Gasteiger partial charge in [0.1, 0.15) is 0 Å². The van der Waals surface area contributed by atoms with Gasteiger partial charge in [0, 0.05) is 24.0 Å². The molecule has 22 heavy (non-hydrogen) atoms. The molecule has 2 heterocycles. The first-order valence-corrected chi connectivity index (χ1v) is 8.14. The van der Waals surface area contributed by atoms with Crippen molar-refractivity contribution < 1.29 is 14.4 Å². The molecule has 0 saturated carbocycles. The Morgan fingerprint density at radius 3 is 2.64 bits per heavy atom. The third kappa shape index (κ3) is 2.92.